The molecule has 1 aromatic carbocycles. The Morgan fingerprint density at radius 1 is 1.44 bits per heavy atom. The molecule has 2 saturated heterocycles. The number of ether oxygens (including phenoxy) is 2. The van der Waals surface area contributed by atoms with Crippen molar-refractivity contribution in [2.45, 2.75) is 50.5 Å². The molecule has 3 aromatic rings. The molecule has 4 unspecified atom stereocenters. The van der Waals surface area contributed by atoms with Crippen molar-refractivity contribution >= 4 is 45.3 Å². The monoisotopic (exact) mass is 525 g/mol. The SMILES string of the molecule is COC(CC1CC(c2nc(-c3cn(CC4CCOCC4)c4c(Cl)cccc34)ns2)N1)NS(=O)O. The lowest BCUT2D eigenvalue weighted by atomic mass is 9.94. The Labute approximate surface area is 209 Å². The molecular formula is C22H28ClN5O4S2. The minimum Gasteiger partial charge on any atom is -0.381 e. The highest BCUT2D eigenvalue weighted by atomic mass is 35.5. The number of benzene rings is 1. The third kappa shape index (κ3) is 5.21. The highest BCUT2D eigenvalue weighted by Gasteiger charge is 2.34. The number of aromatic nitrogens is 3. The van der Waals surface area contributed by atoms with Gasteiger partial charge < -0.3 is 19.4 Å². The standard InChI is InChI=1S/C22H28ClN5O4S2/c1-31-19(27-34(29)30)10-14-9-18(24-14)22-25-21(26-33-22)16-12-28(11-13-5-7-32-8-6-13)20-15(16)3-2-4-17(20)23/h2-4,12-14,18-19,24,27H,5-11H2,1H3,(H,29,30). The summed E-state index contributed by atoms with van der Waals surface area (Å²) in [7, 11) is 1.52. The van der Waals surface area contributed by atoms with E-state index in [1.165, 1.54) is 18.6 Å². The normalized spacial score (nSPS) is 23.1. The molecule has 0 saturated carbocycles. The average Bonchev–Trinajstić information content (AvgIpc) is 3.41. The summed E-state index contributed by atoms with van der Waals surface area (Å²) in [6.07, 6.45) is 5.22. The zero-order valence-electron chi connectivity index (χ0n) is 18.8. The predicted molar refractivity (Wildman–Crippen MR) is 133 cm³/mol. The first-order valence-corrected chi connectivity index (χ1v) is 13.6. The van der Waals surface area contributed by atoms with E-state index in [0.29, 0.717) is 12.3 Å². The molecule has 2 aromatic heterocycles. The lowest BCUT2D eigenvalue weighted by molar-refractivity contribution is 0.0607. The molecule has 0 bridgehead atoms. The van der Waals surface area contributed by atoms with Gasteiger partial charge in [0.15, 0.2) is 5.82 Å². The molecule has 12 heteroatoms. The van der Waals surface area contributed by atoms with Crippen molar-refractivity contribution in [3.05, 3.63) is 34.4 Å². The Hall–Kier alpha value is -1.44. The van der Waals surface area contributed by atoms with Crippen molar-refractivity contribution in [2.75, 3.05) is 20.3 Å². The third-order valence-corrected chi connectivity index (χ3v) is 8.19. The first-order chi connectivity index (χ1) is 16.5. The van der Waals surface area contributed by atoms with Crippen molar-refractivity contribution in [3.63, 3.8) is 0 Å². The number of hydrogen-bond donors (Lipinski definition) is 3. The van der Waals surface area contributed by atoms with E-state index in [0.717, 1.165) is 71.3 Å². The Morgan fingerprint density at radius 3 is 2.97 bits per heavy atom. The molecule has 34 heavy (non-hydrogen) atoms. The van der Waals surface area contributed by atoms with Gasteiger partial charge in [0.1, 0.15) is 11.2 Å². The van der Waals surface area contributed by atoms with Crippen molar-refractivity contribution in [1.82, 2.24) is 24.0 Å². The van der Waals surface area contributed by atoms with Gasteiger partial charge in [0.2, 0.25) is 11.3 Å². The van der Waals surface area contributed by atoms with Crippen LogP contribution < -0.4 is 10.0 Å². The van der Waals surface area contributed by atoms with Crippen molar-refractivity contribution < 1.29 is 18.2 Å². The number of methoxy groups -OCH3 is 1. The second kappa shape index (κ2) is 10.7. The molecule has 0 radical (unpaired) electrons. The summed E-state index contributed by atoms with van der Waals surface area (Å²) < 4.78 is 40.1. The zero-order valence-corrected chi connectivity index (χ0v) is 21.2. The summed E-state index contributed by atoms with van der Waals surface area (Å²) >= 11 is 5.92. The van der Waals surface area contributed by atoms with Crippen LogP contribution in [-0.2, 0) is 27.3 Å². The fraction of sp³-hybridized carbons (Fsp3) is 0.545. The Balaban J connectivity index is 1.31. The molecule has 4 atom stereocenters. The van der Waals surface area contributed by atoms with E-state index in [4.69, 9.17) is 30.6 Å². The molecule has 2 aliphatic rings. The number of nitrogens with zero attached hydrogens (tertiary/aromatic N) is 3. The third-order valence-electron chi connectivity index (χ3n) is 6.60. The van der Waals surface area contributed by atoms with E-state index in [-0.39, 0.29) is 12.1 Å². The minimum atomic E-state index is -2.11. The van der Waals surface area contributed by atoms with Crippen LogP contribution in [0.3, 0.4) is 0 Å². The summed E-state index contributed by atoms with van der Waals surface area (Å²) in [5.74, 6) is 1.28. The van der Waals surface area contributed by atoms with E-state index < -0.39 is 17.5 Å². The summed E-state index contributed by atoms with van der Waals surface area (Å²) in [5.41, 5.74) is 2.03. The van der Waals surface area contributed by atoms with Crippen LogP contribution in [-0.4, -0.2) is 55.3 Å². The van der Waals surface area contributed by atoms with Gasteiger partial charge in [-0.05, 0) is 42.8 Å². The topological polar surface area (TPSA) is 111 Å². The molecule has 5 rings (SSSR count). The van der Waals surface area contributed by atoms with Crippen molar-refractivity contribution in [3.8, 4) is 11.4 Å². The molecule has 184 valence electrons. The van der Waals surface area contributed by atoms with Gasteiger partial charge in [-0.15, -0.1) is 0 Å². The quantitative estimate of drug-likeness (QED) is 0.288. The van der Waals surface area contributed by atoms with Crippen LogP contribution in [0.5, 0.6) is 0 Å². The maximum Gasteiger partial charge on any atom is 0.233 e. The fourth-order valence-corrected chi connectivity index (χ4v) is 6.21. The van der Waals surface area contributed by atoms with Gasteiger partial charge in [-0.2, -0.15) is 9.10 Å². The summed E-state index contributed by atoms with van der Waals surface area (Å²) in [6.45, 7) is 2.53. The van der Waals surface area contributed by atoms with Gasteiger partial charge in [-0.3, -0.25) is 4.55 Å². The summed E-state index contributed by atoms with van der Waals surface area (Å²) in [4.78, 5) is 4.86. The predicted octanol–water partition coefficient (Wildman–Crippen LogP) is 3.73. The smallest absolute Gasteiger partial charge is 0.233 e. The number of nitrogens with one attached hydrogen (secondary N) is 2. The van der Waals surface area contributed by atoms with Crippen LogP contribution in [0.15, 0.2) is 24.4 Å². The highest BCUT2D eigenvalue weighted by molar-refractivity contribution is 7.77. The number of hydrogen-bond acceptors (Lipinski definition) is 7. The molecule has 2 aliphatic heterocycles. The molecular weight excluding hydrogens is 498 g/mol. The fourth-order valence-electron chi connectivity index (χ4n) is 4.77. The zero-order chi connectivity index (χ0) is 23.7. The minimum absolute atomic E-state index is 0.118. The van der Waals surface area contributed by atoms with Crippen LogP contribution >= 0.6 is 23.1 Å². The largest absolute Gasteiger partial charge is 0.381 e. The average molecular weight is 526 g/mol. The van der Waals surface area contributed by atoms with Gasteiger partial charge in [-0.25, -0.2) is 9.19 Å². The number of para-hydroxylation sites is 1. The van der Waals surface area contributed by atoms with Crippen LogP contribution in [0.2, 0.25) is 5.02 Å². The van der Waals surface area contributed by atoms with Gasteiger partial charge in [-0.1, -0.05) is 23.7 Å². The molecule has 0 amide bonds. The molecule has 2 fully saturated rings. The van der Waals surface area contributed by atoms with Crippen molar-refractivity contribution in [2.24, 2.45) is 5.92 Å². The maximum absolute atomic E-state index is 11.0. The Morgan fingerprint density at radius 2 is 2.24 bits per heavy atom. The number of halogens is 1. The Bertz CT molecular complexity index is 1160. The molecule has 0 spiro atoms. The second-order valence-electron chi connectivity index (χ2n) is 8.82. The van der Waals surface area contributed by atoms with E-state index in [9.17, 15) is 4.21 Å². The van der Waals surface area contributed by atoms with Crippen LogP contribution in [0.1, 0.15) is 36.7 Å². The van der Waals surface area contributed by atoms with Gasteiger partial charge in [0.25, 0.3) is 0 Å². The lowest BCUT2D eigenvalue weighted by Crippen LogP contribution is -2.50. The van der Waals surface area contributed by atoms with E-state index >= 15 is 0 Å². The van der Waals surface area contributed by atoms with Gasteiger partial charge >= 0.3 is 0 Å². The molecule has 3 N–H and O–H groups in total. The number of rotatable bonds is 9. The van der Waals surface area contributed by atoms with Crippen LogP contribution in [0, 0.1) is 5.92 Å². The highest BCUT2D eigenvalue weighted by Crippen LogP contribution is 2.37. The summed E-state index contributed by atoms with van der Waals surface area (Å²) in [6, 6.07) is 6.28. The van der Waals surface area contributed by atoms with Crippen LogP contribution in [0.4, 0.5) is 0 Å². The first-order valence-electron chi connectivity index (χ1n) is 11.4. The Kier molecular flexibility index (Phi) is 7.61. The molecule has 9 nitrogen and oxygen atoms in total. The second-order valence-corrected chi connectivity index (χ2v) is 10.7. The summed E-state index contributed by atoms with van der Waals surface area (Å²) in [5, 5.41) is 6.21. The first kappa shape index (κ1) is 24.3. The van der Waals surface area contributed by atoms with Gasteiger partial charge in [0, 0.05) is 56.5 Å². The van der Waals surface area contributed by atoms with E-state index in [1.54, 1.807) is 0 Å². The maximum atomic E-state index is 11.0. The van der Waals surface area contributed by atoms with E-state index in [1.807, 2.05) is 12.1 Å². The molecule has 0 aliphatic carbocycles. The van der Waals surface area contributed by atoms with Gasteiger partial charge in [0.05, 0.1) is 16.6 Å². The number of fused-ring (bicyclic) bond motifs is 1. The van der Waals surface area contributed by atoms with E-state index in [2.05, 4.69) is 31.2 Å². The van der Waals surface area contributed by atoms with Crippen molar-refractivity contribution in [1.29, 1.82) is 0 Å². The van der Waals surface area contributed by atoms with Crippen LogP contribution in [0.25, 0.3) is 22.3 Å². The lowest BCUT2D eigenvalue weighted by Gasteiger charge is -2.37. The molecule has 4 heterocycles.